The van der Waals surface area contributed by atoms with Crippen molar-refractivity contribution in [2.24, 2.45) is 5.92 Å². The van der Waals surface area contributed by atoms with E-state index in [9.17, 15) is 4.79 Å². The molecule has 0 saturated heterocycles. The highest BCUT2D eigenvalue weighted by Crippen LogP contribution is 2.37. The van der Waals surface area contributed by atoms with Crippen LogP contribution in [0.4, 0.5) is 0 Å². The van der Waals surface area contributed by atoms with E-state index in [1.807, 2.05) is 12.1 Å². The molecule has 1 aromatic rings. The molecule has 1 aliphatic rings. The number of halogens is 2. The Morgan fingerprint density at radius 3 is 2.38 bits per heavy atom. The Morgan fingerprint density at radius 1 is 1.29 bits per heavy atom. The number of carbonyl (C=O) groups is 1. The van der Waals surface area contributed by atoms with E-state index in [0.717, 1.165) is 26.9 Å². The van der Waals surface area contributed by atoms with Crippen molar-refractivity contribution in [3.05, 3.63) is 26.6 Å². The third-order valence-corrected chi connectivity index (χ3v) is 5.26. The molecule has 1 fully saturated rings. The Morgan fingerprint density at radius 2 is 1.86 bits per heavy atom. The van der Waals surface area contributed by atoms with E-state index in [0.29, 0.717) is 5.92 Å². The van der Waals surface area contributed by atoms with Gasteiger partial charge >= 0.3 is 5.97 Å². The van der Waals surface area contributed by atoms with Gasteiger partial charge in [-0.15, -0.1) is 0 Å². The van der Waals surface area contributed by atoms with Gasteiger partial charge in [0.1, 0.15) is 5.75 Å². The van der Waals surface area contributed by atoms with Crippen LogP contribution in [0.5, 0.6) is 5.75 Å². The number of ether oxygens (including phenoxy) is 1. The molecular weight excluding hydrogens is 400 g/mol. The standard InChI is InChI=1S/C16H20Br2O3/c1-10(16(19)20)12-7-13(17)15(14(18)8-12)21-9-11-5-3-2-4-6-11/h7-8,10-11H,2-6,9H2,1H3,(H,19,20). The maximum atomic E-state index is 11.1. The van der Waals surface area contributed by atoms with Crippen LogP contribution in [0, 0.1) is 5.92 Å². The predicted molar refractivity (Wildman–Crippen MR) is 90.0 cm³/mol. The molecule has 0 bridgehead atoms. The van der Waals surface area contributed by atoms with E-state index in [1.54, 1.807) is 6.92 Å². The Bertz CT molecular complexity index is 487. The summed E-state index contributed by atoms with van der Waals surface area (Å²) in [6, 6.07) is 3.67. The lowest BCUT2D eigenvalue weighted by atomic mass is 9.90. The van der Waals surface area contributed by atoms with Crippen molar-refractivity contribution in [3.63, 3.8) is 0 Å². The van der Waals surface area contributed by atoms with E-state index in [-0.39, 0.29) is 0 Å². The highest BCUT2D eigenvalue weighted by molar-refractivity contribution is 9.11. The van der Waals surface area contributed by atoms with Gasteiger partial charge in [0.05, 0.1) is 21.5 Å². The molecule has 21 heavy (non-hydrogen) atoms. The largest absolute Gasteiger partial charge is 0.491 e. The molecule has 1 atom stereocenters. The zero-order valence-electron chi connectivity index (χ0n) is 12.1. The van der Waals surface area contributed by atoms with Crippen LogP contribution in [0.25, 0.3) is 0 Å². The summed E-state index contributed by atoms with van der Waals surface area (Å²) in [6.45, 7) is 2.41. The molecular formula is C16H20Br2O3. The molecule has 1 N–H and O–H groups in total. The molecule has 3 nitrogen and oxygen atoms in total. The topological polar surface area (TPSA) is 46.5 Å². The number of benzene rings is 1. The molecule has 0 aromatic heterocycles. The van der Waals surface area contributed by atoms with Gasteiger partial charge in [-0.05, 0) is 75.2 Å². The first kappa shape index (κ1) is 16.8. The van der Waals surface area contributed by atoms with Gasteiger partial charge in [-0.25, -0.2) is 0 Å². The lowest BCUT2D eigenvalue weighted by Gasteiger charge is -2.22. The third kappa shape index (κ3) is 4.46. The SMILES string of the molecule is CC(C(=O)O)c1cc(Br)c(OCC2CCCCC2)c(Br)c1. The summed E-state index contributed by atoms with van der Waals surface area (Å²) >= 11 is 6.98. The van der Waals surface area contributed by atoms with Crippen molar-refractivity contribution < 1.29 is 14.6 Å². The van der Waals surface area contributed by atoms with Gasteiger partial charge in [-0.3, -0.25) is 4.79 Å². The molecule has 0 spiro atoms. The summed E-state index contributed by atoms with van der Waals surface area (Å²) in [7, 11) is 0. The number of hydrogen-bond acceptors (Lipinski definition) is 2. The summed E-state index contributed by atoms with van der Waals surface area (Å²) in [5.41, 5.74) is 0.756. The average molecular weight is 420 g/mol. The minimum atomic E-state index is -0.829. The van der Waals surface area contributed by atoms with Crippen LogP contribution in [0.3, 0.4) is 0 Å². The number of carboxylic acids is 1. The molecule has 5 heteroatoms. The van der Waals surface area contributed by atoms with Crippen molar-refractivity contribution in [3.8, 4) is 5.75 Å². The van der Waals surface area contributed by atoms with Gasteiger partial charge in [0.15, 0.2) is 0 Å². The fourth-order valence-electron chi connectivity index (χ4n) is 2.66. The molecule has 0 heterocycles. The minimum absolute atomic E-state index is 0.537. The number of hydrogen-bond donors (Lipinski definition) is 1. The lowest BCUT2D eigenvalue weighted by Crippen LogP contribution is -2.15. The fraction of sp³-hybridized carbons (Fsp3) is 0.562. The Kier molecular flexibility index (Phi) is 6.11. The quantitative estimate of drug-likeness (QED) is 0.698. The zero-order valence-corrected chi connectivity index (χ0v) is 15.2. The average Bonchev–Trinajstić information content (AvgIpc) is 2.46. The van der Waals surface area contributed by atoms with E-state index >= 15 is 0 Å². The summed E-state index contributed by atoms with van der Waals surface area (Å²) in [5.74, 6) is 0.0340. The van der Waals surface area contributed by atoms with Crippen molar-refractivity contribution in [2.75, 3.05) is 6.61 Å². The summed E-state index contributed by atoms with van der Waals surface area (Å²) in [4.78, 5) is 11.1. The lowest BCUT2D eigenvalue weighted by molar-refractivity contribution is -0.138. The first-order chi connectivity index (χ1) is 9.99. The van der Waals surface area contributed by atoms with Gasteiger partial charge < -0.3 is 9.84 Å². The predicted octanol–water partition coefficient (Wildman–Crippen LogP) is 5.36. The van der Waals surface area contributed by atoms with Crippen molar-refractivity contribution in [1.82, 2.24) is 0 Å². The highest BCUT2D eigenvalue weighted by Gasteiger charge is 2.19. The maximum Gasteiger partial charge on any atom is 0.310 e. The van der Waals surface area contributed by atoms with Crippen LogP contribution in [0.2, 0.25) is 0 Å². The molecule has 0 aliphatic heterocycles. The van der Waals surface area contributed by atoms with Gasteiger partial charge in [-0.1, -0.05) is 19.3 Å². The molecule has 2 rings (SSSR count). The van der Waals surface area contributed by atoms with Crippen LogP contribution in [-0.2, 0) is 4.79 Å². The Labute approximate surface area is 142 Å². The van der Waals surface area contributed by atoms with Crippen LogP contribution in [0.1, 0.15) is 50.5 Å². The van der Waals surface area contributed by atoms with Crippen LogP contribution in [-0.4, -0.2) is 17.7 Å². The number of rotatable bonds is 5. The number of aliphatic carboxylic acids is 1. The van der Waals surface area contributed by atoms with Crippen molar-refractivity contribution >= 4 is 37.8 Å². The van der Waals surface area contributed by atoms with Gasteiger partial charge in [0, 0.05) is 0 Å². The summed E-state index contributed by atoms with van der Waals surface area (Å²) in [5, 5.41) is 9.10. The van der Waals surface area contributed by atoms with E-state index in [4.69, 9.17) is 9.84 Å². The summed E-state index contributed by atoms with van der Waals surface area (Å²) in [6.07, 6.45) is 6.41. The van der Waals surface area contributed by atoms with Gasteiger partial charge in [0.2, 0.25) is 0 Å². The van der Waals surface area contributed by atoms with Crippen LogP contribution in [0.15, 0.2) is 21.1 Å². The maximum absolute atomic E-state index is 11.1. The molecule has 1 aromatic carbocycles. The third-order valence-electron chi connectivity index (χ3n) is 4.08. The van der Waals surface area contributed by atoms with Crippen molar-refractivity contribution in [2.45, 2.75) is 44.9 Å². The minimum Gasteiger partial charge on any atom is -0.491 e. The van der Waals surface area contributed by atoms with Crippen LogP contribution < -0.4 is 4.74 Å². The fourth-order valence-corrected chi connectivity index (χ4v) is 4.12. The molecule has 0 radical (unpaired) electrons. The number of carboxylic acid groups (broad SMARTS) is 1. The molecule has 116 valence electrons. The van der Waals surface area contributed by atoms with E-state index in [2.05, 4.69) is 31.9 Å². The normalized spacial score (nSPS) is 17.5. The van der Waals surface area contributed by atoms with Gasteiger partial charge in [0.25, 0.3) is 0 Å². The molecule has 1 unspecified atom stereocenters. The van der Waals surface area contributed by atoms with E-state index in [1.165, 1.54) is 32.1 Å². The van der Waals surface area contributed by atoms with Crippen molar-refractivity contribution in [1.29, 1.82) is 0 Å². The van der Waals surface area contributed by atoms with Crippen LogP contribution >= 0.6 is 31.9 Å². The second kappa shape index (κ2) is 7.63. The molecule has 1 aliphatic carbocycles. The monoisotopic (exact) mass is 418 g/mol. The Balaban J connectivity index is 2.07. The highest BCUT2D eigenvalue weighted by atomic mass is 79.9. The first-order valence-electron chi connectivity index (χ1n) is 7.33. The first-order valence-corrected chi connectivity index (χ1v) is 8.92. The second-order valence-electron chi connectivity index (χ2n) is 5.69. The molecule has 0 amide bonds. The van der Waals surface area contributed by atoms with E-state index < -0.39 is 11.9 Å². The molecule has 1 saturated carbocycles. The Hall–Kier alpha value is -0.550. The zero-order chi connectivity index (χ0) is 15.4. The smallest absolute Gasteiger partial charge is 0.310 e. The van der Waals surface area contributed by atoms with Gasteiger partial charge in [-0.2, -0.15) is 0 Å². The summed E-state index contributed by atoms with van der Waals surface area (Å²) < 4.78 is 7.56. The second-order valence-corrected chi connectivity index (χ2v) is 7.40.